The lowest BCUT2D eigenvalue weighted by atomic mass is 10.3. The first-order valence-corrected chi connectivity index (χ1v) is 5.71. The molecule has 0 aliphatic carbocycles. The fraction of sp³-hybridized carbons (Fsp3) is 0.300. The Labute approximate surface area is 96.9 Å². The van der Waals surface area contributed by atoms with Crippen molar-refractivity contribution in [3.8, 4) is 5.88 Å². The molecule has 0 spiro atoms. The molecular formula is C10H11N3O2S. The predicted molar refractivity (Wildman–Crippen MR) is 59.2 cm³/mol. The number of rotatable bonds is 3. The Morgan fingerprint density at radius 3 is 2.81 bits per heavy atom. The summed E-state index contributed by atoms with van der Waals surface area (Å²) in [5.74, 6) is 0.676. The maximum atomic E-state index is 9.31. The number of hydrogen-bond donors (Lipinski definition) is 1. The molecule has 0 aliphatic rings. The smallest absolute Gasteiger partial charge is 0.215 e. The fourth-order valence-corrected chi connectivity index (χ4v) is 2.11. The molecule has 1 N–H and O–H groups in total. The summed E-state index contributed by atoms with van der Waals surface area (Å²) in [7, 11) is 0. The van der Waals surface area contributed by atoms with E-state index >= 15 is 0 Å². The SMILES string of the molecule is Cc1cc(O)nc(SCc2conc2C)n1. The van der Waals surface area contributed by atoms with Crippen molar-refractivity contribution in [2.45, 2.75) is 24.8 Å². The van der Waals surface area contributed by atoms with E-state index < -0.39 is 0 Å². The minimum atomic E-state index is -0.00274. The highest BCUT2D eigenvalue weighted by Crippen LogP contribution is 2.22. The van der Waals surface area contributed by atoms with Crippen LogP contribution in [-0.4, -0.2) is 20.2 Å². The second-order valence-corrected chi connectivity index (χ2v) is 4.31. The van der Waals surface area contributed by atoms with E-state index in [0.29, 0.717) is 10.9 Å². The van der Waals surface area contributed by atoms with E-state index in [1.54, 1.807) is 6.26 Å². The van der Waals surface area contributed by atoms with Gasteiger partial charge in [-0.1, -0.05) is 16.9 Å². The minimum Gasteiger partial charge on any atom is -0.493 e. The van der Waals surface area contributed by atoms with Gasteiger partial charge in [-0.05, 0) is 13.8 Å². The van der Waals surface area contributed by atoms with E-state index in [1.165, 1.54) is 17.8 Å². The van der Waals surface area contributed by atoms with Gasteiger partial charge in [0.2, 0.25) is 5.88 Å². The van der Waals surface area contributed by atoms with E-state index in [0.717, 1.165) is 17.0 Å². The molecule has 0 saturated carbocycles. The quantitative estimate of drug-likeness (QED) is 0.651. The molecule has 2 heterocycles. The molecular weight excluding hydrogens is 226 g/mol. The molecule has 16 heavy (non-hydrogen) atoms. The maximum Gasteiger partial charge on any atom is 0.215 e. The van der Waals surface area contributed by atoms with Gasteiger partial charge < -0.3 is 9.63 Å². The Kier molecular flexibility index (Phi) is 3.09. The lowest BCUT2D eigenvalue weighted by Gasteiger charge is -2.00. The lowest BCUT2D eigenvalue weighted by molar-refractivity contribution is 0.414. The second kappa shape index (κ2) is 4.52. The number of aromatic hydroxyl groups is 1. The van der Waals surface area contributed by atoms with Gasteiger partial charge in [0.15, 0.2) is 5.16 Å². The van der Waals surface area contributed by atoms with Crippen LogP contribution in [0.2, 0.25) is 0 Å². The van der Waals surface area contributed by atoms with E-state index in [2.05, 4.69) is 15.1 Å². The van der Waals surface area contributed by atoms with E-state index in [9.17, 15) is 5.11 Å². The number of hydrogen-bond acceptors (Lipinski definition) is 6. The van der Waals surface area contributed by atoms with E-state index in [4.69, 9.17) is 4.52 Å². The van der Waals surface area contributed by atoms with E-state index in [-0.39, 0.29) is 5.88 Å². The van der Waals surface area contributed by atoms with Gasteiger partial charge >= 0.3 is 0 Å². The average molecular weight is 237 g/mol. The topological polar surface area (TPSA) is 72.0 Å². The highest BCUT2D eigenvalue weighted by Gasteiger charge is 2.06. The van der Waals surface area contributed by atoms with Gasteiger partial charge in [0.05, 0.1) is 5.69 Å². The highest BCUT2D eigenvalue weighted by atomic mass is 32.2. The van der Waals surface area contributed by atoms with Crippen LogP contribution < -0.4 is 0 Å². The molecule has 0 saturated heterocycles. The molecule has 0 bridgehead atoms. The van der Waals surface area contributed by atoms with Crippen LogP contribution in [0.4, 0.5) is 0 Å². The van der Waals surface area contributed by atoms with Crippen LogP contribution >= 0.6 is 11.8 Å². The zero-order valence-electron chi connectivity index (χ0n) is 8.97. The third kappa shape index (κ3) is 2.52. The zero-order chi connectivity index (χ0) is 11.5. The van der Waals surface area contributed by atoms with Gasteiger partial charge in [0, 0.05) is 23.1 Å². The lowest BCUT2D eigenvalue weighted by Crippen LogP contribution is -1.90. The van der Waals surface area contributed by atoms with E-state index in [1.807, 2.05) is 13.8 Å². The zero-order valence-corrected chi connectivity index (χ0v) is 9.78. The van der Waals surface area contributed by atoms with Crippen molar-refractivity contribution in [2.75, 3.05) is 0 Å². The van der Waals surface area contributed by atoms with Gasteiger partial charge in [-0.25, -0.2) is 4.98 Å². The first-order valence-electron chi connectivity index (χ1n) is 4.72. The van der Waals surface area contributed by atoms with Gasteiger partial charge in [0.1, 0.15) is 6.26 Å². The van der Waals surface area contributed by atoms with Crippen LogP contribution in [0.25, 0.3) is 0 Å². The third-order valence-electron chi connectivity index (χ3n) is 2.03. The monoisotopic (exact) mass is 237 g/mol. The largest absolute Gasteiger partial charge is 0.493 e. The summed E-state index contributed by atoms with van der Waals surface area (Å²) in [4.78, 5) is 8.12. The second-order valence-electron chi connectivity index (χ2n) is 3.36. The molecule has 5 nitrogen and oxygen atoms in total. The summed E-state index contributed by atoms with van der Waals surface area (Å²) < 4.78 is 4.83. The average Bonchev–Trinajstić information content (AvgIpc) is 2.59. The van der Waals surface area contributed by atoms with Crippen molar-refractivity contribution >= 4 is 11.8 Å². The maximum absolute atomic E-state index is 9.31. The summed E-state index contributed by atoms with van der Waals surface area (Å²) in [6.45, 7) is 3.70. The Bertz CT molecular complexity index is 478. The molecule has 0 atom stereocenters. The molecule has 0 radical (unpaired) electrons. The van der Waals surface area contributed by atoms with Crippen molar-refractivity contribution in [2.24, 2.45) is 0 Å². The third-order valence-corrected chi connectivity index (χ3v) is 2.92. The molecule has 6 heteroatoms. The predicted octanol–water partition coefficient (Wildman–Crippen LogP) is 2.08. The molecule has 0 aliphatic heterocycles. The van der Waals surface area contributed by atoms with Gasteiger partial charge in [-0.3, -0.25) is 0 Å². The van der Waals surface area contributed by atoms with Crippen molar-refractivity contribution in [3.63, 3.8) is 0 Å². The molecule has 2 aromatic rings. The van der Waals surface area contributed by atoms with Crippen LogP contribution in [0.3, 0.4) is 0 Å². The van der Waals surface area contributed by atoms with Crippen molar-refractivity contribution in [1.82, 2.24) is 15.1 Å². The number of thioether (sulfide) groups is 1. The summed E-state index contributed by atoms with van der Waals surface area (Å²) in [5, 5.41) is 13.6. The Balaban J connectivity index is 2.07. The molecule has 0 aromatic carbocycles. The normalized spacial score (nSPS) is 10.6. The van der Waals surface area contributed by atoms with Crippen LogP contribution in [-0.2, 0) is 5.75 Å². The molecule has 2 rings (SSSR count). The van der Waals surface area contributed by atoms with Crippen molar-refractivity contribution in [3.05, 3.63) is 29.3 Å². The first kappa shape index (κ1) is 10.9. The molecule has 0 unspecified atom stereocenters. The minimum absolute atomic E-state index is 0.00274. The highest BCUT2D eigenvalue weighted by molar-refractivity contribution is 7.98. The first-order chi connectivity index (χ1) is 7.65. The molecule has 2 aromatic heterocycles. The van der Waals surface area contributed by atoms with Crippen LogP contribution in [0.5, 0.6) is 5.88 Å². The van der Waals surface area contributed by atoms with Crippen LogP contribution in [0.1, 0.15) is 17.0 Å². The molecule has 0 amide bonds. The molecule has 0 fully saturated rings. The number of aromatic nitrogens is 3. The van der Waals surface area contributed by atoms with Gasteiger partial charge in [-0.2, -0.15) is 4.98 Å². The molecule has 84 valence electrons. The summed E-state index contributed by atoms with van der Waals surface area (Å²) in [5.41, 5.74) is 2.62. The summed E-state index contributed by atoms with van der Waals surface area (Å²) >= 11 is 1.44. The summed E-state index contributed by atoms with van der Waals surface area (Å²) in [6, 6.07) is 1.52. The number of nitrogens with zero attached hydrogens (tertiary/aromatic N) is 3. The fourth-order valence-electron chi connectivity index (χ4n) is 1.18. The van der Waals surface area contributed by atoms with Crippen molar-refractivity contribution < 1.29 is 9.63 Å². The van der Waals surface area contributed by atoms with Gasteiger partial charge in [-0.15, -0.1) is 0 Å². The summed E-state index contributed by atoms with van der Waals surface area (Å²) in [6.07, 6.45) is 1.61. The number of aryl methyl sites for hydroxylation is 2. The van der Waals surface area contributed by atoms with Crippen LogP contribution in [0.15, 0.2) is 22.0 Å². The Morgan fingerprint density at radius 1 is 1.38 bits per heavy atom. The van der Waals surface area contributed by atoms with Crippen LogP contribution in [0, 0.1) is 13.8 Å². The Hall–Kier alpha value is -1.56. The van der Waals surface area contributed by atoms with Crippen molar-refractivity contribution in [1.29, 1.82) is 0 Å². The standard InChI is InChI=1S/C10H11N3O2S/c1-6-3-9(14)12-10(11-6)16-5-8-4-15-13-7(8)2/h3-4H,5H2,1-2H3,(H,11,12,14). The van der Waals surface area contributed by atoms with Gasteiger partial charge in [0.25, 0.3) is 0 Å². The Morgan fingerprint density at radius 2 is 2.19 bits per heavy atom.